The summed E-state index contributed by atoms with van der Waals surface area (Å²) < 4.78 is 2.09. The number of aryl methyl sites for hydroxylation is 1. The van der Waals surface area contributed by atoms with Gasteiger partial charge in [-0.05, 0) is 24.8 Å². The highest BCUT2D eigenvalue weighted by molar-refractivity contribution is 5.13. The summed E-state index contributed by atoms with van der Waals surface area (Å²) in [6.45, 7) is 8.85. The van der Waals surface area contributed by atoms with Crippen LogP contribution in [0.4, 0.5) is 0 Å². The topological polar surface area (TPSA) is 29.9 Å². The van der Waals surface area contributed by atoms with E-state index in [9.17, 15) is 0 Å². The van der Waals surface area contributed by atoms with E-state index < -0.39 is 0 Å². The molecule has 1 aliphatic rings. The van der Waals surface area contributed by atoms with Crippen molar-refractivity contribution >= 4 is 0 Å². The Balaban J connectivity index is 2.15. The standard InChI is InChI=1S/C11H19N3/c1-4-14-10(5-6-13-14)11-9(7-12-11)8(2)3/h5-6,8-9,11-12H,4,7H2,1-3H3. The van der Waals surface area contributed by atoms with Gasteiger partial charge in [-0.1, -0.05) is 13.8 Å². The third-order valence-electron chi connectivity index (χ3n) is 3.23. The molecule has 1 fully saturated rings. The first-order valence-electron chi connectivity index (χ1n) is 5.49. The van der Waals surface area contributed by atoms with Crippen molar-refractivity contribution in [1.82, 2.24) is 15.1 Å². The van der Waals surface area contributed by atoms with E-state index in [1.807, 2.05) is 6.20 Å². The lowest BCUT2D eigenvalue weighted by Crippen LogP contribution is -2.49. The number of hydrogen-bond acceptors (Lipinski definition) is 2. The normalized spacial score (nSPS) is 26.6. The van der Waals surface area contributed by atoms with Crippen LogP contribution in [0, 0.1) is 11.8 Å². The quantitative estimate of drug-likeness (QED) is 0.793. The van der Waals surface area contributed by atoms with E-state index in [4.69, 9.17) is 0 Å². The van der Waals surface area contributed by atoms with Gasteiger partial charge in [0.2, 0.25) is 0 Å². The molecule has 14 heavy (non-hydrogen) atoms. The molecular formula is C11H19N3. The Morgan fingerprint density at radius 3 is 2.93 bits per heavy atom. The summed E-state index contributed by atoms with van der Waals surface area (Å²) in [5, 5.41) is 7.80. The molecule has 0 amide bonds. The van der Waals surface area contributed by atoms with E-state index in [-0.39, 0.29) is 0 Å². The second-order valence-corrected chi connectivity index (χ2v) is 4.37. The molecule has 0 aliphatic carbocycles. The van der Waals surface area contributed by atoms with E-state index in [1.54, 1.807) is 0 Å². The molecule has 1 saturated heterocycles. The van der Waals surface area contributed by atoms with Gasteiger partial charge in [-0.2, -0.15) is 5.10 Å². The van der Waals surface area contributed by atoms with Crippen molar-refractivity contribution in [3.8, 4) is 0 Å². The molecule has 0 spiro atoms. The average Bonchev–Trinajstić information content (AvgIpc) is 2.49. The highest BCUT2D eigenvalue weighted by Crippen LogP contribution is 2.34. The smallest absolute Gasteiger partial charge is 0.0556 e. The van der Waals surface area contributed by atoms with Gasteiger partial charge in [0.25, 0.3) is 0 Å². The molecule has 1 aromatic heterocycles. The predicted molar refractivity (Wildman–Crippen MR) is 57.0 cm³/mol. The lowest BCUT2D eigenvalue weighted by atomic mass is 9.80. The third-order valence-corrected chi connectivity index (χ3v) is 3.23. The van der Waals surface area contributed by atoms with Gasteiger partial charge in [0.15, 0.2) is 0 Å². The Bertz CT molecular complexity index is 303. The molecule has 0 radical (unpaired) electrons. The lowest BCUT2D eigenvalue weighted by Gasteiger charge is -2.41. The highest BCUT2D eigenvalue weighted by atomic mass is 15.3. The molecule has 2 unspecified atom stereocenters. The molecule has 78 valence electrons. The molecular weight excluding hydrogens is 174 g/mol. The van der Waals surface area contributed by atoms with Crippen LogP contribution in [-0.2, 0) is 6.54 Å². The lowest BCUT2D eigenvalue weighted by molar-refractivity contribution is 0.165. The molecule has 0 saturated carbocycles. The fourth-order valence-electron chi connectivity index (χ4n) is 2.19. The van der Waals surface area contributed by atoms with E-state index in [1.165, 1.54) is 5.69 Å². The minimum absolute atomic E-state index is 0.525. The highest BCUT2D eigenvalue weighted by Gasteiger charge is 2.35. The minimum atomic E-state index is 0.525. The Labute approximate surface area is 85.5 Å². The van der Waals surface area contributed by atoms with E-state index in [2.05, 4.69) is 41.9 Å². The number of hydrogen-bond donors (Lipinski definition) is 1. The van der Waals surface area contributed by atoms with Gasteiger partial charge in [-0.3, -0.25) is 4.68 Å². The predicted octanol–water partition coefficient (Wildman–Crippen LogP) is 1.82. The number of aromatic nitrogens is 2. The molecule has 2 rings (SSSR count). The van der Waals surface area contributed by atoms with Crippen LogP contribution in [0.5, 0.6) is 0 Å². The molecule has 3 nitrogen and oxygen atoms in total. The molecule has 0 bridgehead atoms. The summed E-state index contributed by atoms with van der Waals surface area (Å²) in [6.07, 6.45) is 1.90. The zero-order valence-corrected chi connectivity index (χ0v) is 9.20. The monoisotopic (exact) mass is 193 g/mol. The summed E-state index contributed by atoms with van der Waals surface area (Å²) in [4.78, 5) is 0. The van der Waals surface area contributed by atoms with Crippen molar-refractivity contribution in [1.29, 1.82) is 0 Å². The Morgan fingerprint density at radius 2 is 2.43 bits per heavy atom. The van der Waals surface area contributed by atoms with Gasteiger partial charge in [0.05, 0.1) is 11.7 Å². The van der Waals surface area contributed by atoms with E-state index in [0.29, 0.717) is 6.04 Å². The van der Waals surface area contributed by atoms with Crippen molar-refractivity contribution in [2.45, 2.75) is 33.4 Å². The molecule has 3 heteroatoms. The van der Waals surface area contributed by atoms with Crippen LogP contribution in [0.2, 0.25) is 0 Å². The summed E-state index contributed by atoms with van der Waals surface area (Å²) in [6, 6.07) is 2.66. The average molecular weight is 193 g/mol. The maximum absolute atomic E-state index is 4.31. The van der Waals surface area contributed by atoms with Gasteiger partial charge in [-0.15, -0.1) is 0 Å². The molecule has 1 aliphatic heterocycles. The van der Waals surface area contributed by atoms with E-state index in [0.717, 1.165) is 24.9 Å². The summed E-state index contributed by atoms with van der Waals surface area (Å²) >= 11 is 0. The maximum atomic E-state index is 4.31. The summed E-state index contributed by atoms with van der Waals surface area (Å²) in [5.74, 6) is 1.53. The molecule has 1 aromatic rings. The Morgan fingerprint density at radius 1 is 1.64 bits per heavy atom. The van der Waals surface area contributed by atoms with Crippen LogP contribution in [-0.4, -0.2) is 16.3 Å². The first-order valence-corrected chi connectivity index (χ1v) is 5.49. The van der Waals surface area contributed by atoms with Gasteiger partial charge >= 0.3 is 0 Å². The second-order valence-electron chi connectivity index (χ2n) is 4.37. The number of nitrogens with one attached hydrogen (secondary N) is 1. The van der Waals surface area contributed by atoms with Crippen molar-refractivity contribution in [2.24, 2.45) is 11.8 Å². The summed E-state index contributed by atoms with van der Waals surface area (Å²) in [7, 11) is 0. The zero-order valence-electron chi connectivity index (χ0n) is 9.20. The molecule has 2 atom stereocenters. The molecule has 1 N–H and O–H groups in total. The first kappa shape index (κ1) is 9.71. The fraction of sp³-hybridized carbons (Fsp3) is 0.727. The van der Waals surface area contributed by atoms with Crippen LogP contribution in [0.25, 0.3) is 0 Å². The van der Waals surface area contributed by atoms with Gasteiger partial charge in [-0.25, -0.2) is 0 Å². The van der Waals surface area contributed by atoms with Crippen LogP contribution in [0.1, 0.15) is 32.5 Å². The SMILES string of the molecule is CCn1nccc1C1NCC1C(C)C. The van der Waals surface area contributed by atoms with Gasteiger partial charge in [0.1, 0.15) is 0 Å². The van der Waals surface area contributed by atoms with E-state index >= 15 is 0 Å². The van der Waals surface area contributed by atoms with Crippen molar-refractivity contribution in [3.63, 3.8) is 0 Å². The number of nitrogens with zero attached hydrogens (tertiary/aromatic N) is 2. The first-order chi connectivity index (χ1) is 6.74. The maximum Gasteiger partial charge on any atom is 0.0556 e. The second kappa shape index (κ2) is 3.73. The van der Waals surface area contributed by atoms with Crippen molar-refractivity contribution in [2.75, 3.05) is 6.54 Å². The minimum Gasteiger partial charge on any atom is -0.308 e. The van der Waals surface area contributed by atoms with Crippen LogP contribution in [0.15, 0.2) is 12.3 Å². The summed E-state index contributed by atoms with van der Waals surface area (Å²) in [5.41, 5.74) is 1.34. The van der Waals surface area contributed by atoms with Gasteiger partial charge < -0.3 is 5.32 Å². The third kappa shape index (κ3) is 1.46. The Hall–Kier alpha value is -0.830. The largest absolute Gasteiger partial charge is 0.308 e. The van der Waals surface area contributed by atoms with Crippen LogP contribution < -0.4 is 5.32 Å². The van der Waals surface area contributed by atoms with Crippen LogP contribution in [0.3, 0.4) is 0 Å². The number of rotatable bonds is 3. The fourth-order valence-corrected chi connectivity index (χ4v) is 2.19. The zero-order chi connectivity index (χ0) is 10.1. The Kier molecular flexibility index (Phi) is 2.59. The van der Waals surface area contributed by atoms with Crippen LogP contribution >= 0.6 is 0 Å². The van der Waals surface area contributed by atoms with Crippen molar-refractivity contribution in [3.05, 3.63) is 18.0 Å². The molecule has 2 heterocycles. The molecule has 0 aromatic carbocycles. The van der Waals surface area contributed by atoms with Gasteiger partial charge in [0, 0.05) is 19.3 Å². The van der Waals surface area contributed by atoms with Crippen molar-refractivity contribution < 1.29 is 0 Å².